The summed E-state index contributed by atoms with van der Waals surface area (Å²) in [5.74, 6) is -0.573. The molecule has 0 unspecified atom stereocenters. The van der Waals surface area contributed by atoms with Crippen molar-refractivity contribution in [3.05, 3.63) is 88.4 Å². The summed E-state index contributed by atoms with van der Waals surface area (Å²) >= 11 is 6.34. The summed E-state index contributed by atoms with van der Waals surface area (Å²) in [4.78, 5) is 38.9. The first-order valence-corrected chi connectivity index (χ1v) is 9.69. The molecule has 0 aliphatic carbocycles. The maximum atomic E-state index is 12.6. The lowest BCUT2D eigenvalue weighted by molar-refractivity contribution is 0.0924. The zero-order chi connectivity index (χ0) is 21.3. The monoisotopic (exact) mass is 420 g/mol. The second-order valence-corrected chi connectivity index (χ2v) is 6.98. The van der Waals surface area contributed by atoms with Crippen LogP contribution in [0.15, 0.2) is 66.7 Å². The Morgan fingerprint density at radius 3 is 2.30 bits per heavy atom. The highest BCUT2D eigenvalue weighted by Gasteiger charge is 2.36. The van der Waals surface area contributed by atoms with Gasteiger partial charge in [-0.25, -0.2) is 4.90 Å². The summed E-state index contributed by atoms with van der Waals surface area (Å²) in [6, 6.07) is 18.1. The lowest BCUT2D eigenvalue weighted by Crippen LogP contribution is -2.29. The van der Waals surface area contributed by atoms with Gasteiger partial charge >= 0.3 is 0 Å². The molecule has 0 atom stereocenters. The molecule has 1 aliphatic rings. The highest BCUT2D eigenvalue weighted by molar-refractivity contribution is 6.37. The molecule has 0 spiro atoms. The number of nitrogens with zero attached hydrogens (tertiary/aromatic N) is 1. The number of ether oxygens (including phenoxy) is 1. The number of amides is 3. The summed E-state index contributed by atoms with van der Waals surface area (Å²) in [6.45, 7) is 2.36. The highest BCUT2D eigenvalue weighted by Crippen LogP contribution is 2.33. The molecule has 1 heterocycles. The Kier molecular flexibility index (Phi) is 5.25. The highest BCUT2D eigenvalue weighted by atomic mass is 35.5. The molecule has 0 radical (unpaired) electrons. The average Bonchev–Trinajstić information content (AvgIpc) is 3.00. The number of halogens is 1. The van der Waals surface area contributed by atoms with Crippen molar-refractivity contribution in [2.24, 2.45) is 0 Å². The van der Waals surface area contributed by atoms with Crippen LogP contribution >= 0.6 is 11.6 Å². The number of hydrogen-bond donors (Lipinski definition) is 1. The van der Waals surface area contributed by atoms with Crippen LogP contribution in [0.3, 0.4) is 0 Å². The Morgan fingerprint density at radius 1 is 0.967 bits per heavy atom. The third-order valence-electron chi connectivity index (χ3n) is 4.66. The lowest BCUT2D eigenvalue weighted by Gasteiger charge is -2.16. The number of benzene rings is 3. The molecular weight excluding hydrogens is 404 g/mol. The fourth-order valence-electron chi connectivity index (χ4n) is 3.26. The number of imide groups is 1. The third kappa shape index (κ3) is 3.53. The molecule has 1 N–H and O–H groups in total. The predicted molar refractivity (Wildman–Crippen MR) is 115 cm³/mol. The summed E-state index contributed by atoms with van der Waals surface area (Å²) in [6.07, 6.45) is 0. The number of anilines is 2. The number of carbonyl (C=O) groups excluding carboxylic acids is 3. The van der Waals surface area contributed by atoms with Crippen molar-refractivity contribution in [1.29, 1.82) is 0 Å². The second-order valence-electron chi connectivity index (χ2n) is 6.57. The Hall–Kier alpha value is -3.64. The fourth-order valence-corrected chi connectivity index (χ4v) is 3.48. The van der Waals surface area contributed by atoms with E-state index in [0.29, 0.717) is 40.4 Å². The van der Waals surface area contributed by atoms with E-state index < -0.39 is 11.8 Å². The zero-order valence-electron chi connectivity index (χ0n) is 16.0. The summed E-state index contributed by atoms with van der Waals surface area (Å²) in [7, 11) is 0. The van der Waals surface area contributed by atoms with Gasteiger partial charge in [-0.1, -0.05) is 29.8 Å². The Balaban J connectivity index is 1.56. The first kappa shape index (κ1) is 19.7. The van der Waals surface area contributed by atoms with Gasteiger partial charge in [-0.15, -0.1) is 0 Å². The molecule has 0 bridgehead atoms. The van der Waals surface area contributed by atoms with Gasteiger partial charge in [0, 0.05) is 5.56 Å². The van der Waals surface area contributed by atoms with Crippen LogP contribution in [0.4, 0.5) is 11.4 Å². The number of carbonyl (C=O) groups is 3. The van der Waals surface area contributed by atoms with E-state index >= 15 is 0 Å². The summed E-state index contributed by atoms with van der Waals surface area (Å²) in [5, 5.41) is 2.95. The van der Waals surface area contributed by atoms with Gasteiger partial charge in [-0.2, -0.15) is 0 Å². The van der Waals surface area contributed by atoms with Gasteiger partial charge in [0.25, 0.3) is 17.7 Å². The van der Waals surface area contributed by atoms with Crippen molar-refractivity contribution in [3.63, 3.8) is 0 Å². The minimum Gasteiger partial charge on any atom is -0.494 e. The molecule has 4 rings (SSSR count). The van der Waals surface area contributed by atoms with Gasteiger partial charge < -0.3 is 10.1 Å². The SMILES string of the molecule is CCOc1cccc(C(=O)Nc2ccc(N3C(=O)c4ccccc4C3=O)cc2Cl)c1. The van der Waals surface area contributed by atoms with E-state index in [1.165, 1.54) is 6.07 Å². The molecule has 0 aromatic heterocycles. The van der Waals surface area contributed by atoms with Crippen molar-refractivity contribution in [3.8, 4) is 5.75 Å². The first-order valence-electron chi connectivity index (χ1n) is 9.31. The van der Waals surface area contributed by atoms with Crippen LogP contribution in [-0.4, -0.2) is 24.3 Å². The molecule has 6 nitrogen and oxygen atoms in total. The molecule has 0 saturated heterocycles. The van der Waals surface area contributed by atoms with E-state index in [1.807, 2.05) is 6.92 Å². The van der Waals surface area contributed by atoms with Crippen molar-refractivity contribution in [2.75, 3.05) is 16.8 Å². The normalized spacial score (nSPS) is 12.7. The molecular formula is C23H17ClN2O4. The molecule has 3 aromatic rings. The molecule has 0 saturated carbocycles. The number of fused-ring (bicyclic) bond motifs is 1. The van der Waals surface area contributed by atoms with Crippen LogP contribution < -0.4 is 15.0 Å². The molecule has 0 fully saturated rings. The van der Waals surface area contributed by atoms with E-state index in [4.69, 9.17) is 16.3 Å². The average molecular weight is 421 g/mol. The van der Waals surface area contributed by atoms with Crippen LogP contribution in [0.1, 0.15) is 38.0 Å². The minimum atomic E-state index is -0.406. The third-order valence-corrected chi connectivity index (χ3v) is 4.97. The molecule has 30 heavy (non-hydrogen) atoms. The van der Waals surface area contributed by atoms with Gasteiger partial charge in [0.15, 0.2) is 0 Å². The van der Waals surface area contributed by atoms with Crippen LogP contribution in [0.5, 0.6) is 5.75 Å². The molecule has 3 amide bonds. The summed E-state index contributed by atoms with van der Waals surface area (Å²) in [5.41, 5.74) is 1.82. The van der Waals surface area contributed by atoms with E-state index in [0.717, 1.165) is 4.90 Å². The smallest absolute Gasteiger partial charge is 0.266 e. The largest absolute Gasteiger partial charge is 0.494 e. The van der Waals surface area contributed by atoms with Crippen molar-refractivity contribution in [2.45, 2.75) is 6.92 Å². The number of nitrogens with one attached hydrogen (secondary N) is 1. The molecule has 150 valence electrons. The van der Waals surface area contributed by atoms with Gasteiger partial charge in [-0.05, 0) is 55.5 Å². The Bertz CT molecular complexity index is 1140. The van der Waals surface area contributed by atoms with Crippen molar-refractivity contribution < 1.29 is 19.1 Å². The van der Waals surface area contributed by atoms with Gasteiger partial charge in [-0.3, -0.25) is 14.4 Å². The maximum absolute atomic E-state index is 12.6. The minimum absolute atomic E-state index is 0.207. The van der Waals surface area contributed by atoms with E-state index in [1.54, 1.807) is 60.7 Å². The number of rotatable bonds is 5. The molecule has 7 heteroatoms. The lowest BCUT2D eigenvalue weighted by atomic mass is 10.1. The fraction of sp³-hybridized carbons (Fsp3) is 0.0870. The van der Waals surface area contributed by atoms with Gasteiger partial charge in [0.1, 0.15) is 5.75 Å². The number of hydrogen-bond acceptors (Lipinski definition) is 4. The van der Waals surface area contributed by atoms with E-state index in [9.17, 15) is 14.4 Å². The topological polar surface area (TPSA) is 75.7 Å². The van der Waals surface area contributed by atoms with Crippen molar-refractivity contribution >= 4 is 40.7 Å². The van der Waals surface area contributed by atoms with Crippen LogP contribution in [0, 0.1) is 0 Å². The standard InChI is InChI=1S/C23H17ClN2O4/c1-2-30-16-7-5-6-14(12-16)21(27)25-20-11-10-15(13-19(20)24)26-22(28)17-8-3-4-9-18(17)23(26)29/h3-13H,2H2,1H3,(H,25,27). The molecule has 3 aromatic carbocycles. The Morgan fingerprint density at radius 2 is 1.67 bits per heavy atom. The van der Waals surface area contributed by atoms with E-state index in [2.05, 4.69) is 5.32 Å². The van der Waals surface area contributed by atoms with Crippen LogP contribution in [0.25, 0.3) is 0 Å². The second kappa shape index (κ2) is 8.00. The van der Waals surface area contributed by atoms with Crippen molar-refractivity contribution in [1.82, 2.24) is 0 Å². The zero-order valence-corrected chi connectivity index (χ0v) is 16.8. The first-order chi connectivity index (χ1) is 14.5. The van der Waals surface area contributed by atoms with Crippen LogP contribution in [-0.2, 0) is 0 Å². The van der Waals surface area contributed by atoms with Crippen LogP contribution in [0.2, 0.25) is 5.02 Å². The Labute approximate surface area is 178 Å². The van der Waals surface area contributed by atoms with Gasteiger partial charge in [0.2, 0.25) is 0 Å². The van der Waals surface area contributed by atoms with Gasteiger partial charge in [0.05, 0.1) is 34.1 Å². The summed E-state index contributed by atoms with van der Waals surface area (Å²) < 4.78 is 5.41. The quantitative estimate of drug-likeness (QED) is 0.602. The maximum Gasteiger partial charge on any atom is 0.266 e. The van der Waals surface area contributed by atoms with E-state index in [-0.39, 0.29) is 10.9 Å². The molecule has 1 aliphatic heterocycles. The predicted octanol–water partition coefficient (Wildman–Crippen LogP) is 4.79.